The summed E-state index contributed by atoms with van der Waals surface area (Å²) in [5.41, 5.74) is 1.63. The van der Waals surface area contributed by atoms with Gasteiger partial charge in [-0.15, -0.1) is 11.3 Å². The van der Waals surface area contributed by atoms with Gasteiger partial charge in [-0.25, -0.2) is 0 Å². The number of amides is 1. The normalized spacial score (nSPS) is 16.4. The molecule has 0 bridgehead atoms. The molecule has 1 aliphatic rings. The SMILES string of the molecule is CN=C(NCC(=O)N1CCc2sccc2C1)NC(C)CCC(C)(C)C. The van der Waals surface area contributed by atoms with Gasteiger partial charge < -0.3 is 15.5 Å². The number of rotatable bonds is 5. The number of thiophene rings is 1. The van der Waals surface area contributed by atoms with Crippen molar-refractivity contribution in [1.82, 2.24) is 15.5 Å². The van der Waals surface area contributed by atoms with Crippen LogP contribution >= 0.6 is 11.3 Å². The largest absolute Gasteiger partial charge is 0.354 e. The third-order valence-corrected chi connectivity index (χ3v) is 5.52. The highest BCUT2D eigenvalue weighted by atomic mass is 32.1. The van der Waals surface area contributed by atoms with Gasteiger partial charge in [0.25, 0.3) is 0 Å². The van der Waals surface area contributed by atoms with Crippen molar-refractivity contribution < 1.29 is 4.79 Å². The first-order chi connectivity index (χ1) is 11.8. The fourth-order valence-corrected chi connectivity index (χ4v) is 3.77. The van der Waals surface area contributed by atoms with Gasteiger partial charge in [0.2, 0.25) is 5.91 Å². The first kappa shape index (κ1) is 19.8. The molecular formula is C19H32N4OS. The zero-order chi connectivity index (χ0) is 18.4. The molecule has 0 spiro atoms. The predicted octanol–water partition coefficient (Wildman–Crippen LogP) is 3.01. The minimum atomic E-state index is 0.127. The van der Waals surface area contributed by atoms with Crippen molar-refractivity contribution in [3.63, 3.8) is 0 Å². The van der Waals surface area contributed by atoms with Crippen LogP contribution in [0.2, 0.25) is 0 Å². The second-order valence-corrected chi connectivity index (χ2v) is 9.01. The monoisotopic (exact) mass is 364 g/mol. The zero-order valence-electron chi connectivity index (χ0n) is 16.2. The molecule has 0 fully saturated rings. The molecule has 1 aromatic heterocycles. The molecule has 2 heterocycles. The van der Waals surface area contributed by atoms with Crippen molar-refractivity contribution in [2.45, 2.75) is 59.5 Å². The summed E-state index contributed by atoms with van der Waals surface area (Å²) in [6, 6.07) is 2.45. The number of nitrogens with one attached hydrogen (secondary N) is 2. The van der Waals surface area contributed by atoms with E-state index in [0.717, 1.165) is 32.4 Å². The third-order valence-electron chi connectivity index (χ3n) is 4.50. The lowest BCUT2D eigenvalue weighted by Gasteiger charge is -2.28. The zero-order valence-corrected chi connectivity index (χ0v) is 17.0. The lowest BCUT2D eigenvalue weighted by Crippen LogP contribution is -2.47. The Bertz CT molecular complexity index is 603. The summed E-state index contributed by atoms with van der Waals surface area (Å²) in [7, 11) is 1.74. The van der Waals surface area contributed by atoms with Crippen molar-refractivity contribution in [3.05, 3.63) is 21.9 Å². The number of carbonyl (C=O) groups excluding carboxylic acids is 1. The van der Waals surface area contributed by atoms with Crippen molar-refractivity contribution in [2.75, 3.05) is 20.1 Å². The highest BCUT2D eigenvalue weighted by Crippen LogP contribution is 2.24. The minimum Gasteiger partial charge on any atom is -0.354 e. The number of guanidine groups is 1. The lowest BCUT2D eigenvalue weighted by atomic mass is 9.89. The highest BCUT2D eigenvalue weighted by Gasteiger charge is 2.21. The van der Waals surface area contributed by atoms with E-state index in [-0.39, 0.29) is 12.5 Å². The summed E-state index contributed by atoms with van der Waals surface area (Å²) in [5.74, 6) is 0.824. The van der Waals surface area contributed by atoms with Crippen LogP contribution in [0.25, 0.3) is 0 Å². The highest BCUT2D eigenvalue weighted by molar-refractivity contribution is 7.10. The average Bonchev–Trinajstić information content (AvgIpc) is 3.03. The molecule has 1 aromatic rings. The average molecular weight is 365 g/mol. The van der Waals surface area contributed by atoms with Crippen LogP contribution in [-0.4, -0.2) is 42.9 Å². The van der Waals surface area contributed by atoms with E-state index in [1.54, 1.807) is 18.4 Å². The lowest BCUT2D eigenvalue weighted by molar-refractivity contribution is -0.130. The van der Waals surface area contributed by atoms with Gasteiger partial charge in [0, 0.05) is 31.1 Å². The van der Waals surface area contributed by atoms with Crippen molar-refractivity contribution in [2.24, 2.45) is 10.4 Å². The Hall–Kier alpha value is -1.56. The molecule has 2 rings (SSSR count). The number of hydrogen-bond acceptors (Lipinski definition) is 3. The quantitative estimate of drug-likeness (QED) is 0.624. The van der Waals surface area contributed by atoms with Crippen LogP contribution in [0.3, 0.4) is 0 Å². The molecule has 1 atom stereocenters. The molecule has 1 aliphatic heterocycles. The number of fused-ring (bicyclic) bond motifs is 1. The predicted molar refractivity (Wildman–Crippen MR) is 106 cm³/mol. The van der Waals surface area contributed by atoms with Crippen LogP contribution in [0.5, 0.6) is 0 Å². The molecule has 0 saturated carbocycles. The van der Waals surface area contributed by atoms with E-state index < -0.39 is 0 Å². The van der Waals surface area contributed by atoms with Crippen molar-refractivity contribution in [1.29, 1.82) is 0 Å². The first-order valence-corrected chi connectivity index (χ1v) is 9.96. The molecule has 0 radical (unpaired) electrons. The Morgan fingerprint density at radius 3 is 2.88 bits per heavy atom. The molecule has 140 valence electrons. The van der Waals surface area contributed by atoms with Gasteiger partial charge in [0.05, 0.1) is 6.54 Å². The Kier molecular flexibility index (Phi) is 6.87. The first-order valence-electron chi connectivity index (χ1n) is 9.08. The number of carbonyl (C=O) groups is 1. The summed E-state index contributed by atoms with van der Waals surface area (Å²) in [4.78, 5) is 20.1. The number of aliphatic imine (C=N–C) groups is 1. The minimum absolute atomic E-state index is 0.127. The maximum Gasteiger partial charge on any atom is 0.242 e. The van der Waals surface area contributed by atoms with E-state index in [9.17, 15) is 4.79 Å². The van der Waals surface area contributed by atoms with E-state index in [4.69, 9.17) is 0 Å². The Labute approximate surface area is 155 Å². The van der Waals surface area contributed by atoms with E-state index in [1.807, 2.05) is 4.90 Å². The molecular weight excluding hydrogens is 332 g/mol. The van der Waals surface area contributed by atoms with Crippen molar-refractivity contribution >= 4 is 23.2 Å². The maximum atomic E-state index is 12.5. The van der Waals surface area contributed by atoms with Gasteiger partial charge in [-0.3, -0.25) is 9.79 Å². The molecule has 5 nitrogen and oxygen atoms in total. The molecule has 0 aliphatic carbocycles. The van der Waals surface area contributed by atoms with E-state index in [2.05, 4.69) is 54.8 Å². The molecule has 1 amide bonds. The molecule has 0 aromatic carbocycles. The topological polar surface area (TPSA) is 56.7 Å². The van der Waals surface area contributed by atoms with E-state index in [0.29, 0.717) is 17.4 Å². The second-order valence-electron chi connectivity index (χ2n) is 8.00. The Morgan fingerprint density at radius 2 is 2.20 bits per heavy atom. The molecule has 0 saturated heterocycles. The summed E-state index contributed by atoms with van der Waals surface area (Å²) in [5, 5.41) is 8.65. The van der Waals surface area contributed by atoms with Crippen LogP contribution in [0.1, 0.15) is 51.0 Å². The van der Waals surface area contributed by atoms with Crippen LogP contribution in [-0.2, 0) is 17.8 Å². The molecule has 1 unspecified atom stereocenters. The van der Waals surface area contributed by atoms with Gasteiger partial charge in [-0.1, -0.05) is 20.8 Å². The smallest absolute Gasteiger partial charge is 0.242 e. The van der Waals surface area contributed by atoms with Crippen LogP contribution in [0.15, 0.2) is 16.4 Å². The fraction of sp³-hybridized carbons (Fsp3) is 0.684. The van der Waals surface area contributed by atoms with Gasteiger partial charge in [0.15, 0.2) is 5.96 Å². The van der Waals surface area contributed by atoms with E-state index in [1.165, 1.54) is 10.4 Å². The van der Waals surface area contributed by atoms with Gasteiger partial charge in [-0.2, -0.15) is 0 Å². The van der Waals surface area contributed by atoms with E-state index >= 15 is 0 Å². The van der Waals surface area contributed by atoms with Crippen LogP contribution < -0.4 is 10.6 Å². The van der Waals surface area contributed by atoms with Gasteiger partial charge in [0.1, 0.15) is 0 Å². The van der Waals surface area contributed by atoms with Crippen molar-refractivity contribution in [3.8, 4) is 0 Å². The van der Waals surface area contributed by atoms with Crippen LogP contribution in [0.4, 0.5) is 0 Å². The fourth-order valence-electron chi connectivity index (χ4n) is 2.88. The third kappa shape index (κ3) is 6.34. The standard InChI is InChI=1S/C19H32N4OS/c1-14(6-9-19(2,3)4)22-18(20-5)21-12-17(24)23-10-7-16-15(13-23)8-11-25-16/h8,11,14H,6-7,9-10,12-13H2,1-5H3,(H2,20,21,22). The van der Waals surface area contributed by atoms with Gasteiger partial charge in [-0.05, 0) is 48.6 Å². The van der Waals surface area contributed by atoms with Gasteiger partial charge >= 0.3 is 0 Å². The number of hydrogen-bond donors (Lipinski definition) is 2. The summed E-state index contributed by atoms with van der Waals surface area (Å²) < 4.78 is 0. The maximum absolute atomic E-state index is 12.5. The van der Waals surface area contributed by atoms with Crippen LogP contribution in [0, 0.1) is 5.41 Å². The summed E-state index contributed by atoms with van der Waals surface area (Å²) >= 11 is 1.79. The number of nitrogens with zero attached hydrogens (tertiary/aromatic N) is 2. The summed E-state index contributed by atoms with van der Waals surface area (Å²) in [6.07, 6.45) is 3.19. The Morgan fingerprint density at radius 1 is 1.44 bits per heavy atom. The molecule has 6 heteroatoms. The molecule has 25 heavy (non-hydrogen) atoms. The second kappa shape index (κ2) is 8.70. The Balaban J connectivity index is 1.76. The molecule has 2 N–H and O–H groups in total. The summed E-state index contributed by atoms with van der Waals surface area (Å²) in [6.45, 7) is 10.7.